The van der Waals surface area contributed by atoms with Gasteiger partial charge in [0.2, 0.25) is 0 Å². The van der Waals surface area contributed by atoms with Gasteiger partial charge in [-0.25, -0.2) is 4.39 Å². The minimum absolute atomic E-state index is 0.169. The van der Waals surface area contributed by atoms with Gasteiger partial charge in [0.05, 0.1) is 5.69 Å². The molecule has 0 spiro atoms. The van der Waals surface area contributed by atoms with Gasteiger partial charge in [-0.1, -0.05) is 6.92 Å². The van der Waals surface area contributed by atoms with Gasteiger partial charge in [0.25, 0.3) is 0 Å². The molecule has 2 rings (SSSR count). The molecule has 102 valence electrons. The Bertz CT molecular complexity index is 540. The van der Waals surface area contributed by atoms with Crippen LogP contribution < -0.4 is 10.1 Å². The van der Waals surface area contributed by atoms with E-state index < -0.39 is 0 Å². The van der Waals surface area contributed by atoms with Gasteiger partial charge in [-0.05, 0) is 43.7 Å². The number of rotatable bonds is 6. The summed E-state index contributed by atoms with van der Waals surface area (Å²) in [6, 6.07) is 4.31. The van der Waals surface area contributed by atoms with E-state index >= 15 is 0 Å². The summed E-state index contributed by atoms with van der Waals surface area (Å²) in [4.78, 5) is 4.20. The third kappa shape index (κ3) is 3.79. The molecule has 1 aromatic carbocycles. The van der Waals surface area contributed by atoms with Crippen molar-refractivity contribution >= 4 is 0 Å². The van der Waals surface area contributed by atoms with Crippen molar-refractivity contribution in [1.29, 1.82) is 0 Å². The highest BCUT2D eigenvalue weighted by Crippen LogP contribution is 2.24. The SMILES string of the molecule is CCCNCc1coc(Oc2ccc(F)cc2C)n1. The summed E-state index contributed by atoms with van der Waals surface area (Å²) in [7, 11) is 0. The zero-order chi connectivity index (χ0) is 13.7. The number of hydrogen-bond acceptors (Lipinski definition) is 4. The first-order chi connectivity index (χ1) is 9.19. The number of aryl methyl sites for hydroxylation is 1. The lowest BCUT2D eigenvalue weighted by Crippen LogP contribution is -2.13. The summed E-state index contributed by atoms with van der Waals surface area (Å²) in [5, 5.41) is 3.22. The smallest absolute Gasteiger partial charge is 0.399 e. The van der Waals surface area contributed by atoms with Crippen LogP contribution in [0.5, 0.6) is 11.8 Å². The second-order valence-corrected chi connectivity index (χ2v) is 4.29. The van der Waals surface area contributed by atoms with Gasteiger partial charge in [0.15, 0.2) is 0 Å². The molecular weight excluding hydrogens is 247 g/mol. The maximum absolute atomic E-state index is 13.0. The van der Waals surface area contributed by atoms with Crippen LogP contribution in [0.4, 0.5) is 4.39 Å². The van der Waals surface area contributed by atoms with Crippen molar-refractivity contribution in [2.75, 3.05) is 6.54 Å². The predicted molar refractivity (Wildman–Crippen MR) is 69.7 cm³/mol. The summed E-state index contributed by atoms with van der Waals surface area (Å²) >= 11 is 0. The molecule has 1 heterocycles. The lowest BCUT2D eigenvalue weighted by atomic mass is 10.2. The first-order valence-corrected chi connectivity index (χ1v) is 6.28. The van der Waals surface area contributed by atoms with E-state index in [1.165, 1.54) is 12.1 Å². The number of benzene rings is 1. The standard InChI is InChI=1S/C14H17FN2O2/c1-3-6-16-8-12-9-18-14(17-12)19-13-5-4-11(15)7-10(13)2/h4-5,7,9,16H,3,6,8H2,1-2H3. The van der Waals surface area contributed by atoms with E-state index in [9.17, 15) is 4.39 Å². The van der Waals surface area contributed by atoms with Crippen LogP contribution in [-0.4, -0.2) is 11.5 Å². The normalized spacial score (nSPS) is 10.7. The van der Waals surface area contributed by atoms with Gasteiger partial charge in [0, 0.05) is 6.54 Å². The van der Waals surface area contributed by atoms with Crippen LogP contribution in [0.15, 0.2) is 28.9 Å². The van der Waals surface area contributed by atoms with Crippen molar-refractivity contribution in [2.45, 2.75) is 26.8 Å². The van der Waals surface area contributed by atoms with Crippen LogP contribution in [0.3, 0.4) is 0 Å². The zero-order valence-electron chi connectivity index (χ0n) is 11.1. The molecule has 0 unspecified atom stereocenters. The molecule has 0 amide bonds. The second kappa shape index (κ2) is 6.33. The summed E-state index contributed by atoms with van der Waals surface area (Å²) < 4.78 is 23.7. The Morgan fingerprint density at radius 1 is 1.42 bits per heavy atom. The maximum Gasteiger partial charge on any atom is 0.399 e. The number of nitrogens with zero attached hydrogens (tertiary/aromatic N) is 1. The molecule has 2 aromatic rings. The highest BCUT2D eigenvalue weighted by atomic mass is 19.1. The van der Waals surface area contributed by atoms with Gasteiger partial charge >= 0.3 is 6.08 Å². The number of halogens is 1. The average molecular weight is 264 g/mol. The molecule has 0 saturated carbocycles. The maximum atomic E-state index is 13.0. The molecule has 5 heteroatoms. The summed E-state index contributed by atoms with van der Waals surface area (Å²) in [6.07, 6.45) is 2.79. The minimum Gasteiger partial charge on any atom is -0.417 e. The fraction of sp³-hybridized carbons (Fsp3) is 0.357. The molecular formula is C14H17FN2O2. The Kier molecular flexibility index (Phi) is 4.52. The van der Waals surface area contributed by atoms with Crippen LogP contribution in [-0.2, 0) is 6.54 Å². The second-order valence-electron chi connectivity index (χ2n) is 4.29. The summed E-state index contributed by atoms with van der Waals surface area (Å²) in [6.45, 7) is 5.44. The zero-order valence-corrected chi connectivity index (χ0v) is 11.1. The molecule has 1 aromatic heterocycles. The van der Waals surface area contributed by atoms with Crippen LogP contribution in [0.25, 0.3) is 0 Å². The largest absolute Gasteiger partial charge is 0.417 e. The van der Waals surface area contributed by atoms with Crippen LogP contribution in [0.2, 0.25) is 0 Å². The molecule has 0 radical (unpaired) electrons. The number of ether oxygens (including phenoxy) is 1. The Hall–Kier alpha value is -1.88. The van der Waals surface area contributed by atoms with Crippen LogP contribution >= 0.6 is 0 Å². The van der Waals surface area contributed by atoms with Gasteiger partial charge in [0.1, 0.15) is 17.8 Å². The number of oxazole rings is 1. The molecule has 0 aliphatic heterocycles. The van der Waals surface area contributed by atoms with E-state index in [-0.39, 0.29) is 11.9 Å². The minimum atomic E-state index is -0.290. The van der Waals surface area contributed by atoms with Gasteiger partial charge in [-0.15, -0.1) is 0 Å². The number of hydrogen-bond donors (Lipinski definition) is 1. The van der Waals surface area contributed by atoms with Gasteiger partial charge < -0.3 is 14.5 Å². The summed E-state index contributed by atoms with van der Waals surface area (Å²) in [5.74, 6) is 0.248. The third-order valence-electron chi connectivity index (χ3n) is 2.60. The molecule has 0 bridgehead atoms. The van der Waals surface area contributed by atoms with Crippen LogP contribution in [0.1, 0.15) is 24.6 Å². The van der Waals surface area contributed by atoms with Crippen molar-refractivity contribution in [3.05, 3.63) is 41.5 Å². The Labute approximate surface area is 111 Å². The number of nitrogens with one attached hydrogen (secondary N) is 1. The molecule has 4 nitrogen and oxygen atoms in total. The quantitative estimate of drug-likeness (QED) is 0.812. The van der Waals surface area contributed by atoms with E-state index in [0.29, 0.717) is 17.9 Å². The molecule has 0 fully saturated rings. The Morgan fingerprint density at radius 3 is 3.00 bits per heavy atom. The lowest BCUT2D eigenvalue weighted by molar-refractivity contribution is 0.328. The van der Waals surface area contributed by atoms with Crippen molar-refractivity contribution in [2.24, 2.45) is 0 Å². The Balaban J connectivity index is 1.99. The predicted octanol–water partition coefficient (Wildman–Crippen LogP) is 3.41. The molecule has 19 heavy (non-hydrogen) atoms. The van der Waals surface area contributed by atoms with Crippen molar-refractivity contribution in [3.63, 3.8) is 0 Å². The fourth-order valence-electron chi connectivity index (χ4n) is 1.63. The summed E-state index contributed by atoms with van der Waals surface area (Å²) in [5.41, 5.74) is 1.48. The fourth-order valence-corrected chi connectivity index (χ4v) is 1.63. The highest BCUT2D eigenvalue weighted by Gasteiger charge is 2.08. The Morgan fingerprint density at radius 2 is 2.26 bits per heavy atom. The molecule has 1 N–H and O–H groups in total. The number of aromatic nitrogens is 1. The lowest BCUT2D eigenvalue weighted by Gasteiger charge is -2.04. The van der Waals surface area contributed by atoms with E-state index in [1.807, 2.05) is 0 Å². The molecule has 0 aliphatic carbocycles. The van der Waals surface area contributed by atoms with E-state index in [2.05, 4.69) is 17.2 Å². The molecule has 0 saturated heterocycles. The first kappa shape index (κ1) is 13.5. The van der Waals surface area contributed by atoms with Crippen LogP contribution in [0, 0.1) is 12.7 Å². The van der Waals surface area contributed by atoms with Gasteiger partial charge in [-0.3, -0.25) is 0 Å². The highest BCUT2D eigenvalue weighted by molar-refractivity contribution is 5.34. The first-order valence-electron chi connectivity index (χ1n) is 6.28. The topological polar surface area (TPSA) is 47.3 Å². The average Bonchev–Trinajstić information content (AvgIpc) is 2.81. The van der Waals surface area contributed by atoms with Crippen molar-refractivity contribution in [1.82, 2.24) is 10.3 Å². The van der Waals surface area contributed by atoms with Crippen molar-refractivity contribution in [3.8, 4) is 11.8 Å². The van der Waals surface area contributed by atoms with E-state index in [1.54, 1.807) is 19.3 Å². The van der Waals surface area contributed by atoms with Crippen molar-refractivity contribution < 1.29 is 13.5 Å². The third-order valence-corrected chi connectivity index (χ3v) is 2.60. The monoisotopic (exact) mass is 264 g/mol. The van der Waals surface area contributed by atoms with Gasteiger partial charge in [-0.2, -0.15) is 4.98 Å². The van der Waals surface area contributed by atoms with E-state index in [0.717, 1.165) is 18.7 Å². The molecule has 0 aliphatic rings. The molecule has 0 atom stereocenters. The van der Waals surface area contributed by atoms with E-state index in [4.69, 9.17) is 9.15 Å².